The summed E-state index contributed by atoms with van der Waals surface area (Å²) in [6.45, 7) is 2.08. The molecule has 0 aromatic carbocycles. The standard InChI is InChI=1S/C17H18N2O5S/c1-2-22-17(21)11-25-10-16(20)19-13(15-6-4-8-24-15)9-12(18-19)14-5-3-7-23-14/h3-8,13H,2,9-11H2,1H3/t13-/m1/s1. The van der Waals surface area contributed by atoms with E-state index in [0.29, 0.717) is 30.3 Å². The molecule has 2 aromatic rings. The van der Waals surface area contributed by atoms with E-state index in [0.717, 1.165) is 0 Å². The number of hydrogen-bond donors (Lipinski definition) is 0. The molecule has 1 atom stereocenters. The molecule has 1 aliphatic rings. The molecule has 0 bridgehead atoms. The largest absolute Gasteiger partial charge is 0.467 e. The predicted molar refractivity (Wildman–Crippen MR) is 92.1 cm³/mol. The Labute approximate surface area is 149 Å². The van der Waals surface area contributed by atoms with Crippen LogP contribution < -0.4 is 0 Å². The number of rotatable bonds is 7. The highest BCUT2D eigenvalue weighted by Crippen LogP contribution is 2.33. The van der Waals surface area contributed by atoms with E-state index in [2.05, 4.69) is 5.10 Å². The zero-order valence-electron chi connectivity index (χ0n) is 13.7. The van der Waals surface area contributed by atoms with Gasteiger partial charge < -0.3 is 13.6 Å². The summed E-state index contributed by atoms with van der Waals surface area (Å²) < 4.78 is 15.7. The molecule has 0 fully saturated rings. The number of ether oxygens (including phenoxy) is 1. The molecule has 3 rings (SSSR count). The Morgan fingerprint density at radius 1 is 1.28 bits per heavy atom. The fraction of sp³-hybridized carbons (Fsp3) is 0.353. The molecule has 2 aromatic heterocycles. The van der Waals surface area contributed by atoms with E-state index >= 15 is 0 Å². The van der Waals surface area contributed by atoms with Gasteiger partial charge in [-0.3, -0.25) is 9.59 Å². The molecule has 0 saturated heterocycles. The first-order valence-corrected chi connectivity index (χ1v) is 9.04. The van der Waals surface area contributed by atoms with E-state index in [9.17, 15) is 9.59 Å². The van der Waals surface area contributed by atoms with Gasteiger partial charge in [-0.25, -0.2) is 5.01 Å². The second-order valence-corrected chi connectivity index (χ2v) is 6.28. The zero-order chi connectivity index (χ0) is 17.6. The maximum absolute atomic E-state index is 12.6. The van der Waals surface area contributed by atoms with Crippen molar-refractivity contribution in [1.29, 1.82) is 0 Å². The molecule has 0 aliphatic carbocycles. The molecule has 0 spiro atoms. The van der Waals surface area contributed by atoms with E-state index in [1.165, 1.54) is 16.8 Å². The Kier molecular flexibility index (Phi) is 5.60. The topological polar surface area (TPSA) is 85.3 Å². The van der Waals surface area contributed by atoms with Crippen molar-refractivity contribution in [3.05, 3.63) is 48.3 Å². The molecule has 25 heavy (non-hydrogen) atoms. The molecule has 0 saturated carbocycles. The number of hydrogen-bond acceptors (Lipinski definition) is 7. The van der Waals surface area contributed by atoms with Gasteiger partial charge in [0.2, 0.25) is 0 Å². The maximum Gasteiger partial charge on any atom is 0.315 e. The molecule has 132 valence electrons. The fourth-order valence-corrected chi connectivity index (χ4v) is 3.18. The third kappa shape index (κ3) is 4.14. The third-order valence-electron chi connectivity index (χ3n) is 3.59. The molecule has 7 nitrogen and oxygen atoms in total. The minimum absolute atomic E-state index is 0.130. The highest BCUT2D eigenvalue weighted by atomic mass is 32.2. The van der Waals surface area contributed by atoms with Crippen LogP contribution in [0.3, 0.4) is 0 Å². The first kappa shape index (κ1) is 17.3. The van der Waals surface area contributed by atoms with Crippen LogP contribution in [0.5, 0.6) is 0 Å². The van der Waals surface area contributed by atoms with Crippen molar-refractivity contribution >= 4 is 29.4 Å². The van der Waals surface area contributed by atoms with E-state index in [1.54, 1.807) is 31.6 Å². The summed E-state index contributed by atoms with van der Waals surface area (Å²) in [6, 6.07) is 6.86. The van der Waals surface area contributed by atoms with Crippen molar-refractivity contribution in [2.45, 2.75) is 19.4 Å². The normalized spacial score (nSPS) is 16.8. The van der Waals surface area contributed by atoms with Crippen molar-refractivity contribution in [3.63, 3.8) is 0 Å². The summed E-state index contributed by atoms with van der Waals surface area (Å²) in [5.41, 5.74) is 0.690. The van der Waals surface area contributed by atoms with Gasteiger partial charge >= 0.3 is 5.97 Å². The SMILES string of the molecule is CCOC(=O)CSCC(=O)N1N=C(c2ccco2)C[C@@H]1c1ccco1. The number of furan rings is 2. The first-order chi connectivity index (χ1) is 12.2. The molecule has 1 amide bonds. The smallest absolute Gasteiger partial charge is 0.315 e. The van der Waals surface area contributed by atoms with Crippen molar-refractivity contribution < 1.29 is 23.2 Å². The molecular weight excluding hydrogens is 344 g/mol. The lowest BCUT2D eigenvalue weighted by atomic mass is 10.1. The van der Waals surface area contributed by atoms with Crippen LogP contribution in [0.25, 0.3) is 0 Å². The lowest BCUT2D eigenvalue weighted by molar-refractivity contribution is -0.139. The molecule has 3 heterocycles. The Bertz CT molecular complexity index is 739. The van der Waals surface area contributed by atoms with Crippen molar-refractivity contribution in [2.75, 3.05) is 18.1 Å². The highest BCUT2D eigenvalue weighted by molar-refractivity contribution is 8.00. The summed E-state index contributed by atoms with van der Waals surface area (Å²) in [5, 5.41) is 5.83. The van der Waals surface area contributed by atoms with Crippen molar-refractivity contribution in [2.24, 2.45) is 5.10 Å². The van der Waals surface area contributed by atoms with Gasteiger partial charge in [0.25, 0.3) is 5.91 Å². The van der Waals surface area contributed by atoms with Crippen LogP contribution in [0.4, 0.5) is 0 Å². The van der Waals surface area contributed by atoms with Crippen LogP contribution in [0.2, 0.25) is 0 Å². The second kappa shape index (κ2) is 8.06. The maximum atomic E-state index is 12.6. The monoisotopic (exact) mass is 362 g/mol. The van der Waals surface area contributed by atoms with Gasteiger partial charge in [0.05, 0.1) is 30.6 Å². The van der Waals surface area contributed by atoms with Crippen LogP contribution in [-0.2, 0) is 14.3 Å². The molecule has 0 radical (unpaired) electrons. The Morgan fingerprint density at radius 2 is 2.08 bits per heavy atom. The summed E-state index contributed by atoms with van der Waals surface area (Å²) in [7, 11) is 0. The van der Waals surface area contributed by atoms with Gasteiger partial charge in [-0.05, 0) is 31.2 Å². The number of esters is 1. The minimum Gasteiger partial charge on any atom is -0.467 e. The van der Waals surface area contributed by atoms with Crippen molar-refractivity contribution in [3.8, 4) is 0 Å². The summed E-state index contributed by atoms with van der Waals surface area (Å²) >= 11 is 1.21. The van der Waals surface area contributed by atoms with Gasteiger partial charge in [-0.2, -0.15) is 5.10 Å². The van der Waals surface area contributed by atoms with Gasteiger partial charge in [0.1, 0.15) is 23.3 Å². The number of carbonyl (C=O) groups excluding carboxylic acids is 2. The minimum atomic E-state index is -0.330. The second-order valence-electron chi connectivity index (χ2n) is 5.30. The average Bonchev–Trinajstić information content (AvgIpc) is 3.33. The molecule has 8 heteroatoms. The van der Waals surface area contributed by atoms with E-state index in [1.807, 2.05) is 12.1 Å². The molecule has 0 N–H and O–H groups in total. The molecular formula is C17H18N2O5S. The number of thioether (sulfide) groups is 1. The summed E-state index contributed by atoms with van der Waals surface area (Å²) in [6.07, 6.45) is 3.65. The number of hydrazone groups is 1. The van der Waals surface area contributed by atoms with Crippen LogP contribution >= 0.6 is 11.8 Å². The van der Waals surface area contributed by atoms with Crippen molar-refractivity contribution in [1.82, 2.24) is 5.01 Å². The lowest BCUT2D eigenvalue weighted by Crippen LogP contribution is -2.28. The average molecular weight is 362 g/mol. The van der Waals surface area contributed by atoms with E-state index in [4.69, 9.17) is 13.6 Å². The van der Waals surface area contributed by atoms with E-state index in [-0.39, 0.29) is 29.4 Å². The van der Waals surface area contributed by atoms with Crippen LogP contribution in [0.1, 0.15) is 30.9 Å². The predicted octanol–water partition coefficient (Wildman–Crippen LogP) is 2.85. The number of nitrogens with zero attached hydrogens (tertiary/aromatic N) is 2. The van der Waals surface area contributed by atoms with Crippen LogP contribution in [-0.4, -0.2) is 40.7 Å². The number of amides is 1. The zero-order valence-corrected chi connectivity index (χ0v) is 14.5. The lowest BCUT2D eigenvalue weighted by Gasteiger charge is -2.19. The van der Waals surface area contributed by atoms with Gasteiger partial charge in [-0.15, -0.1) is 11.8 Å². The first-order valence-electron chi connectivity index (χ1n) is 7.89. The molecule has 0 unspecified atom stereocenters. The van der Waals surface area contributed by atoms with Crippen LogP contribution in [0, 0.1) is 0 Å². The summed E-state index contributed by atoms with van der Waals surface area (Å²) in [5.74, 6) is 1.03. The van der Waals surface area contributed by atoms with Gasteiger partial charge in [0, 0.05) is 6.42 Å². The Balaban J connectivity index is 1.68. The molecule has 1 aliphatic heterocycles. The Hall–Kier alpha value is -2.48. The summed E-state index contributed by atoms with van der Waals surface area (Å²) in [4.78, 5) is 24.0. The highest BCUT2D eigenvalue weighted by Gasteiger charge is 2.35. The fourth-order valence-electron chi connectivity index (χ4n) is 2.52. The van der Waals surface area contributed by atoms with E-state index < -0.39 is 0 Å². The Morgan fingerprint density at radius 3 is 2.76 bits per heavy atom. The number of carbonyl (C=O) groups is 2. The van der Waals surface area contributed by atoms with Gasteiger partial charge in [-0.1, -0.05) is 0 Å². The van der Waals surface area contributed by atoms with Gasteiger partial charge in [0.15, 0.2) is 0 Å². The van der Waals surface area contributed by atoms with Crippen LogP contribution in [0.15, 0.2) is 50.7 Å². The third-order valence-corrected chi connectivity index (χ3v) is 4.48. The quantitative estimate of drug-likeness (QED) is 0.704.